The summed E-state index contributed by atoms with van der Waals surface area (Å²) in [6, 6.07) is 2.39. The number of halogens is 2. The zero-order chi connectivity index (χ0) is 14.0. The van der Waals surface area contributed by atoms with E-state index < -0.39 is 0 Å². The molecule has 1 aromatic heterocycles. The normalized spacial score (nSPS) is 25.9. The van der Waals surface area contributed by atoms with E-state index in [0.29, 0.717) is 12.0 Å². The lowest BCUT2D eigenvalue weighted by atomic mass is 9.89. The molecule has 1 saturated heterocycles. The van der Waals surface area contributed by atoms with E-state index in [1.807, 2.05) is 23.8 Å². The summed E-state index contributed by atoms with van der Waals surface area (Å²) in [4.78, 5) is 12.4. The highest BCUT2D eigenvalue weighted by Crippen LogP contribution is 2.19. The molecule has 1 fully saturated rings. The van der Waals surface area contributed by atoms with E-state index in [0.717, 1.165) is 29.7 Å². The molecule has 20 heavy (non-hydrogen) atoms. The highest BCUT2D eigenvalue weighted by atomic mass is 79.9. The topological polar surface area (TPSA) is 46.1 Å². The maximum Gasteiger partial charge on any atom is 0.268 e. The van der Waals surface area contributed by atoms with Gasteiger partial charge >= 0.3 is 0 Å². The molecule has 2 N–H and O–H groups in total. The lowest BCUT2D eigenvalue weighted by molar-refractivity contribution is 0.0888. The maximum absolute atomic E-state index is 12.4. The van der Waals surface area contributed by atoms with Crippen molar-refractivity contribution in [2.45, 2.75) is 45.8 Å². The molecule has 0 aliphatic carbocycles. The predicted octanol–water partition coefficient (Wildman–Crippen LogP) is 2.81. The Labute approximate surface area is 135 Å². The van der Waals surface area contributed by atoms with Crippen molar-refractivity contribution in [1.82, 2.24) is 15.2 Å². The fourth-order valence-electron chi connectivity index (χ4n) is 2.76. The third-order valence-corrected chi connectivity index (χ3v) is 4.39. The van der Waals surface area contributed by atoms with Crippen LogP contribution in [0.5, 0.6) is 0 Å². The lowest BCUT2D eigenvalue weighted by Gasteiger charge is -2.36. The predicted molar refractivity (Wildman–Crippen MR) is 87.6 cm³/mol. The molecule has 0 saturated carbocycles. The molecule has 6 heteroatoms. The SMILES string of the molecule is CCn1cc(Br)cc1C(=O)NC1C(C)CCNC1C.Cl. The Morgan fingerprint density at radius 3 is 2.85 bits per heavy atom. The number of carbonyl (C=O) groups is 1. The molecule has 4 nitrogen and oxygen atoms in total. The van der Waals surface area contributed by atoms with Crippen molar-refractivity contribution < 1.29 is 4.79 Å². The van der Waals surface area contributed by atoms with E-state index in [4.69, 9.17) is 0 Å². The number of hydrogen-bond acceptors (Lipinski definition) is 2. The van der Waals surface area contributed by atoms with Gasteiger partial charge in [0.25, 0.3) is 5.91 Å². The van der Waals surface area contributed by atoms with Gasteiger partial charge < -0.3 is 15.2 Å². The van der Waals surface area contributed by atoms with Gasteiger partial charge in [-0.3, -0.25) is 4.79 Å². The standard InChI is InChI=1S/C14H22BrN3O.ClH/c1-4-18-8-11(15)7-12(18)14(19)17-13-9(2)5-6-16-10(13)3;/h7-10,13,16H,4-6H2,1-3H3,(H,17,19);1H. The van der Waals surface area contributed by atoms with Crippen molar-refractivity contribution in [2.24, 2.45) is 5.92 Å². The molecular weight excluding hydrogens is 342 g/mol. The Hall–Kier alpha value is -0.520. The van der Waals surface area contributed by atoms with Crippen LogP contribution in [0.3, 0.4) is 0 Å². The van der Waals surface area contributed by atoms with Gasteiger partial charge in [0.1, 0.15) is 5.69 Å². The number of aryl methyl sites for hydroxylation is 1. The quantitative estimate of drug-likeness (QED) is 0.866. The second-order valence-corrected chi connectivity index (χ2v) is 6.25. The van der Waals surface area contributed by atoms with Crippen LogP contribution in [0.15, 0.2) is 16.7 Å². The van der Waals surface area contributed by atoms with Gasteiger partial charge in [-0.15, -0.1) is 12.4 Å². The lowest BCUT2D eigenvalue weighted by Crippen LogP contribution is -2.56. The first-order chi connectivity index (χ1) is 9.02. The Bertz CT molecular complexity index is 453. The summed E-state index contributed by atoms with van der Waals surface area (Å²) < 4.78 is 2.91. The number of amides is 1. The molecule has 2 heterocycles. The minimum Gasteiger partial charge on any atom is -0.346 e. The number of piperidine rings is 1. The first-order valence-electron chi connectivity index (χ1n) is 6.92. The fourth-order valence-corrected chi connectivity index (χ4v) is 3.22. The van der Waals surface area contributed by atoms with Gasteiger partial charge in [-0.25, -0.2) is 0 Å². The summed E-state index contributed by atoms with van der Waals surface area (Å²) in [5.41, 5.74) is 0.722. The molecule has 0 bridgehead atoms. The zero-order valence-corrected chi connectivity index (χ0v) is 14.6. The molecular formula is C14H23BrClN3O. The molecule has 0 spiro atoms. The summed E-state index contributed by atoms with van der Waals surface area (Å²) in [5.74, 6) is 0.522. The number of nitrogens with one attached hydrogen (secondary N) is 2. The van der Waals surface area contributed by atoms with E-state index in [-0.39, 0.29) is 24.4 Å². The Kier molecular flexibility index (Phi) is 6.55. The Balaban J connectivity index is 0.00000200. The van der Waals surface area contributed by atoms with Crippen LogP contribution in [0.4, 0.5) is 0 Å². The van der Waals surface area contributed by atoms with Crippen molar-refractivity contribution in [3.05, 3.63) is 22.4 Å². The average Bonchev–Trinajstić information content (AvgIpc) is 2.75. The molecule has 1 aromatic rings. The van der Waals surface area contributed by atoms with Gasteiger partial charge in [-0.1, -0.05) is 6.92 Å². The highest BCUT2D eigenvalue weighted by Gasteiger charge is 2.29. The van der Waals surface area contributed by atoms with E-state index in [9.17, 15) is 4.79 Å². The van der Waals surface area contributed by atoms with Crippen LogP contribution in [-0.4, -0.2) is 29.1 Å². The molecule has 3 unspecified atom stereocenters. The van der Waals surface area contributed by atoms with Crippen LogP contribution in [0, 0.1) is 5.92 Å². The van der Waals surface area contributed by atoms with E-state index in [2.05, 4.69) is 40.4 Å². The summed E-state index contributed by atoms with van der Waals surface area (Å²) >= 11 is 3.43. The van der Waals surface area contributed by atoms with E-state index in [1.165, 1.54) is 0 Å². The average molecular weight is 365 g/mol. The Morgan fingerprint density at radius 2 is 2.25 bits per heavy atom. The largest absolute Gasteiger partial charge is 0.346 e. The number of aromatic nitrogens is 1. The Morgan fingerprint density at radius 1 is 1.55 bits per heavy atom. The van der Waals surface area contributed by atoms with Crippen molar-refractivity contribution in [1.29, 1.82) is 0 Å². The summed E-state index contributed by atoms with van der Waals surface area (Å²) in [7, 11) is 0. The van der Waals surface area contributed by atoms with Crippen LogP contribution in [0.25, 0.3) is 0 Å². The summed E-state index contributed by atoms with van der Waals surface area (Å²) in [6.45, 7) is 8.21. The number of carbonyl (C=O) groups excluding carboxylic acids is 1. The van der Waals surface area contributed by atoms with Crippen LogP contribution in [0.1, 0.15) is 37.7 Å². The molecule has 1 aliphatic rings. The van der Waals surface area contributed by atoms with E-state index in [1.54, 1.807) is 0 Å². The van der Waals surface area contributed by atoms with Gasteiger partial charge in [0.15, 0.2) is 0 Å². The van der Waals surface area contributed by atoms with Crippen molar-refractivity contribution in [3.63, 3.8) is 0 Å². The van der Waals surface area contributed by atoms with Crippen molar-refractivity contribution in [2.75, 3.05) is 6.54 Å². The van der Waals surface area contributed by atoms with Crippen molar-refractivity contribution in [3.8, 4) is 0 Å². The number of hydrogen-bond donors (Lipinski definition) is 2. The fraction of sp³-hybridized carbons (Fsp3) is 0.643. The molecule has 114 valence electrons. The van der Waals surface area contributed by atoms with Gasteiger partial charge in [-0.2, -0.15) is 0 Å². The van der Waals surface area contributed by atoms with Crippen LogP contribution < -0.4 is 10.6 Å². The van der Waals surface area contributed by atoms with Gasteiger partial charge in [0.05, 0.1) is 0 Å². The number of nitrogens with zero attached hydrogens (tertiary/aromatic N) is 1. The highest BCUT2D eigenvalue weighted by molar-refractivity contribution is 9.10. The molecule has 3 atom stereocenters. The molecule has 2 rings (SSSR count). The molecule has 1 aliphatic heterocycles. The first-order valence-corrected chi connectivity index (χ1v) is 7.72. The summed E-state index contributed by atoms with van der Waals surface area (Å²) in [5, 5.41) is 6.60. The van der Waals surface area contributed by atoms with E-state index >= 15 is 0 Å². The molecule has 1 amide bonds. The second kappa shape index (κ2) is 7.48. The van der Waals surface area contributed by atoms with Crippen molar-refractivity contribution >= 4 is 34.2 Å². The zero-order valence-electron chi connectivity index (χ0n) is 12.1. The third kappa shape index (κ3) is 3.77. The van der Waals surface area contributed by atoms with Gasteiger partial charge in [-0.05, 0) is 54.7 Å². The molecule has 0 radical (unpaired) electrons. The van der Waals surface area contributed by atoms with Crippen LogP contribution >= 0.6 is 28.3 Å². The first kappa shape index (κ1) is 17.5. The summed E-state index contributed by atoms with van der Waals surface area (Å²) in [6.07, 6.45) is 3.05. The smallest absolute Gasteiger partial charge is 0.268 e. The molecule has 0 aromatic carbocycles. The van der Waals surface area contributed by atoms with Crippen LogP contribution in [-0.2, 0) is 6.54 Å². The minimum atomic E-state index is 0. The minimum absolute atomic E-state index is 0. The number of rotatable bonds is 3. The second-order valence-electron chi connectivity index (χ2n) is 5.34. The maximum atomic E-state index is 12.4. The monoisotopic (exact) mass is 363 g/mol. The van der Waals surface area contributed by atoms with Gasteiger partial charge in [0.2, 0.25) is 0 Å². The third-order valence-electron chi connectivity index (χ3n) is 3.95. The van der Waals surface area contributed by atoms with Crippen LogP contribution in [0.2, 0.25) is 0 Å². The van der Waals surface area contributed by atoms with Gasteiger partial charge in [0, 0.05) is 29.3 Å².